The molecule has 0 saturated heterocycles. The van der Waals surface area contributed by atoms with Gasteiger partial charge in [0.15, 0.2) is 12.2 Å². The highest BCUT2D eigenvalue weighted by Crippen LogP contribution is 2.80. The predicted octanol–water partition coefficient (Wildman–Crippen LogP) is 4.85. The third kappa shape index (κ3) is 3.94. The lowest BCUT2D eigenvalue weighted by Crippen LogP contribution is -2.76. The SMILES string of the molecule is Cc1cc(C23CC(C(F)(F)C(O)(Cn4cnnn4)c4ccc(F)cc4F)(C2)C3)ccc1OCC(F)(F)F. The number of aliphatic hydroxyl groups is 1. The average molecular weight is 530 g/mol. The number of aryl methyl sites for hydroxylation is 1. The van der Waals surface area contributed by atoms with Gasteiger partial charge in [-0.05, 0) is 71.4 Å². The van der Waals surface area contributed by atoms with Crippen LogP contribution in [0.15, 0.2) is 42.7 Å². The molecule has 0 amide bonds. The lowest BCUT2D eigenvalue weighted by molar-refractivity contribution is -0.347. The number of hydrogen-bond acceptors (Lipinski definition) is 5. The average Bonchev–Trinajstić information content (AvgIpc) is 3.23. The van der Waals surface area contributed by atoms with E-state index in [9.17, 15) is 27.1 Å². The van der Waals surface area contributed by atoms with Crippen molar-refractivity contribution >= 4 is 0 Å². The third-order valence-corrected chi connectivity index (χ3v) is 7.55. The normalized spacial score (nSPS) is 24.7. The summed E-state index contributed by atoms with van der Waals surface area (Å²) in [5, 5.41) is 21.7. The Hall–Kier alpha value is -3.22. The minimum absolute atomic E-state index is 0.0373. The Morgan fingerprint density at radius 3 is 2.30 bits per heavy atom. The fraction of sp³-hybridized carbons (Fsp3) is 0.458. The van der Waals surface area contributed by atoms with Crippen molar-refractivity contribution in [3.8, 4) is 5.75 Å². The first kappa shape index (κ1) is 25.4. The molecule has 3 fully saturated rings. The van der Waals surface area contributed by atoms with Crippen molar-refractivity contribution in [1.82, 2.24) is 20.2 Å². The zero-order chi connectivity index (χ0) is 26.9. The maximum atomic E-state index is 16.2. The molecule has 3 saturated carbocycles. The van der Waals surface area contributed by atoms with Crippen LogP contribution >= 0.6 is 0 Å². The van der Waals surface area contributed by atoms with E-state index >= 15 is 8.78 Å². The first-order chi connectivity index (χ1) is 17.2. The number of aromatic nitrogens is 4. The number of ether oxygens (including phenoxy) is 1. The summed E-state index contributed by atoms with van der Waals surface area (Å²) in [6, 6.07) is 6.53. The molecule has 1 N–H and O–H groups in total. The van der Waals surface area contributed by atoms with Crippen molar-refractivity contribution in [2.45, 2.75) is 55.8 Å². The van der Waals surface area contributed by atoms with Gasteiger partial charge in [-0.15, -0.1) is 5.10 Å². The van der Waals surface area contributed by atoms with E-state index in [0.717, 1.165) is 23.1 Å². The van der Waals surface area contributed by atoms with Crippen LogP contribution in [-0.4, -0.2) is 44.0 Å². The largest absolute Gasteiger partial charge is 0.484 e. The summed E-state index contributed by atoms with van der Waals surface area (Å²) in [5.74, 6) is -6.16. The summed E-state index contributed by atoms with van der Waals surface area (Å²) >= 11 is 0. The number of rotatable bonds is 8. The number of benzene rings is 2. The van der Waals surface area contributed by atoms with Crippen LogP contribution in [0.25, 0.3) is 0 Å². The van der Waals surface area contributed by atoms with Crippen LogP contribution in [0.3, 0.4) is 0 Å². The van der Waals surface area contributed by atoms with Crippen molar-refractivity contribution in [3.63, 3.8) is 0 Å². The zero-order valence-corrected chi connectivity index (χ0v) is 19.4. The molecule has 1 aromatic heterocycles. The van der Waals surface area contributed by atoms with Crippen molar-refractivity contribution in [2.75, 3.05) is 6.61 Å². The van der Waals surface area contributed by atoms with Crippen molar-refractivity contribution < 1.29 is 40.6 Å². The van der Waals surface area contributed by atoms with Gasteiger partial charge in [-0.3, -0.25) is 0 Å². The van der Waals surface area contributed by atoms with E-state index < -0.39 is 58.9 Å². The van der Waals surface area contributed by atoms with Crippen LogP contribution in [0.4, 0.5) is 30.7 Å². The number of tetrazole rings is 1. The van der Waals surface area contributed by atoms with Crippen LogP contribution in [0.1, 0.15) is 36.0 Å². The molecule has 1 unspecified atom stereocenters. The third-order valence-electron chi connectivity index (χ3n) is 7.55. The molecule has 3 aromatic rings. The van der Waals surface area contributed by atoms with Gasteiger partial charge in [0.05, 0.1) is 6.54 Å². The van der Waals surface area contributed by atoms with Crippen LogP contribution in [0, 0.1) is 24.0 Å². The van der Waals surface area contributed by atoms with E-state index in [2.05, 4.69) is 15.5 Å². The molecule has 1 heterocycles. The van der Waals surface area contributed by atoms with E-state index in [1.165, 1.54) is 6.07 Å². The fourth-order valence-electron chi connectivity index (χ4n) is 5.83. The van der Waals surface area contributed by atoms with Crippen molar-refractivity contribution in [1.29, 1.82) is 0 Å². The molecule has 1 atom stereocenters. The van der Waals surface area contributed by atoms with Gasteiger partial charge in [0.2, 0.25) is 0 Å². The van der Waals surface area contributed by atoms with Crippen LogP contribution in [0.2, 0.25) is 0 Å². The molecule has 198 valence electrons. The Labute approximate surface area is 206 Å². The molecule has 2 aromatic carbocycles. The highest BCUT2D eigenvalue weighted by molar-refractivity contribution is 5.47. The minimum Gasteiger partial charge on any atom is -0.484 e. The highest BCUT2D eigenvalue weighted by atomic mass is 19.4. The molecule has 0 spiro atoms. The Kier molecular flexibility index (Phi) is 5.59. The summed E-state index contributed by atoms with van der Waals surface area (Å²) in [7, 11) is 0. The summed E-state index contributed by atoms with van der Waals surface area (Å²) in [6.45, 7) is -0.768. The summed E-state index contributed by atoms with van der Waals surface area (Å²) in [6.07, 6.45) is -3.64. The first-order valence-corrected chi connectivity index (χ1v) is 11.3. The quantitative estimate of drug-likeness (QED) is 0.422. The van der Waals surface area contributed by atoms with E-state index in [1.54, 1.807) is 19.1 Å². The highest BCUT2D eigenvalue weighted by Gasteiger charge is 2.82. The van der Waals surface area contributed by atoms with Gasteiger partial charge in [-0.25, -0.2) is 22.2 Å². The van der Waals surface area contributed by atoms with Crippen LogP contribution in [0.5, 0.6) is 5.75 Å². The predicted molar refractivity (Wildman–Crippen MR) is 114 cm³/mol. The van der Waals surface area contributed by atoms with E-state index in [0.29, 0.717) is 17.2 Å². The van der Waals surface area contributed by atoms with Crippen molar-refractivity contribution in [3.05, 3.63) is 71.1 Å². The molecule has 0 aliphatic heterocycles. The smallest absolute Gasteiger partial charge is 0.422 e. The molecule has 6 rings (SSSR count). The second-order valence-corrected chi connectivity index (χ2v) is 10.0. The Morgan fingerprint density at radius 2 is 1.73 bits per heavy atom. The van der Waals surface area contributed by atoms with Gasteiger partial charge >= 0.3 is 6.18 Å². The van der Waals surface area contributed by atoms with Gasteiger partial charge in [0.25, 0.3) is 5.92 Å². The van der Waals surface area contributed by atoms with Gasteiger partial charge in [0.1, 0.15) is 23.7 Å². The Bertz CT molecular complexity index is 1310. The maximum absolute atomic E-state index is 16.2. The molecule has 6 nitrogen and oxygen atoms in total. The van der Waals surface area contributed by atoms with Crippen molar-refractivity contribution in [2.24, 2.45) is 5.41 Å². The molecular weight excluding hydrogens is 509 g/mol. The molecule has 13 heteroatoms. The summed E-state index contributed by atoms with van der Waals surface area (Å²) < 4.78 is 104. The zero-order valence-electron chi connectivity index (χ0n) is 19.4. The minimum atomic E-state index is -4.50. The van der Waals surface area contributed by atoms with Crippen LogP contribution < -0.4 is 4.74 Å². The van der Waals surface area contributed by atoms with E-state index in [-0.39, 0.29) is 25.0 Å². The van der Waals surface area contributed by atoms with E-state index in [1.807, 2.05) is 0 Å². The molecule has 3 aliphatic carbocycles. The van der Waals surface area contributed by atoms with Gasteiger partial charge < -0.3 is 9.84 Å². The number of nitrogens with zero attached hydrogens (tertiary/aromatic N) is 4. The molecule has 37 heavy (non-hydrogen) atoms. The van der Waals surface area contributed by atoms with Gasteiger partial charge in [0, 0.05) is 17.0 Å². The second-order valence-electron chi connectivity index (χ2n) is 10.0. The lowest BCUT2D eigenvalue weighted by Gasteiger charge is -2.74. The maximum Gasteiger partial charge on any atom is 0.422 e. The Balaban J connectivity index is 1.41. The standard InChI is InChI=1S/C24H21F7N4O2/c1-14-6-15(2-5-19(14)37-12-23(27,28)29)20-8-21(9-20,10-20)24(30,31)22(36,11-35-13-32-33-34-35)17-4-3-16(25)7-18(17)26/h2-7,13,36H,8-12H2,1H3. The molecular formula is C24H21F7N4O2. The lowest BCUT2D eigenvalue weighted by atomic mass is 9.30. The fourth-order valence-corrected chi connectivity index (χ4v) is 5.83. The first-order valence-electron chi connectivity index (χ1n) is 11.3. The van der Waals surface area contributed by atoms with Gasteiger partial charge in [-0.1, -0.05) is 12.1 Å². The van der Waals surface area contributed by atoms with Crippen LogP contribution in [-0.2, 0) is 17.6 Å². The summed E-state index contributed by atoms with van der Waals surface area (Å²) in [4.78, 5) is 0. The van der Waals surface area contributed by atoms with E-state index in [4.69, 9.17) is 4.74 Å². The molecule has 3 aliphatic rings. The Morgan fingerprint density at radius 1 is 1.03 bits per heavy atom. The number of hydrogen-bond donors (Lipinski definition) is 1. The topological polar surface area (TPSA) is 73.1 Å². The number of halogens is 7. The second kappa shape index (κ2) is 8.14. The summed E-state index contributed by atoms with van der Waals surface area (Å²) in [5.41, 5.74) is -5.13. The molecule has 2 bridgehead atoms. The number of alkyl halides is 5. The molecule has 0 radical (unpaired) electrons. The van der Waals surface area contributed by atoms with Gasteiger partial charge in [-0.2, -0.15) is 13.2 Å². The monoisotopic (exact) mass is 530 g/mol.